The lowest BCUT2D eigenvalue weighted by Gasteiger charge is -2.34. The van der Waals surface area contributed by atoms with Gasteiger partial charge in [0.1, 0.15) is 0 Å². The Balaban J connectivity index is 1.01. The topological polar surface area (TPSA) is 24.7 Å². The summed E-state index contributed by atoms with van der Waals surface area (Å²) in [4.78, 5) is 11.0. The van der Waals surface area contributed by atoms with Crippen molar-refractivity contribution in [2.75, 3.05) is 0 Å². The summed E-state index contributed by atoms with van der Waals surface area (Å²) in [5.74, 6) is 1.11. The molecule has 12 aromatic rings. The Morgan fingerprint density at radius 3 is 1.71 bits per heavy atom. The largest absolute Gasteiger partial charge is 0.258 e. The Morgan fingerprint density at radius 2 is 1.01 bits per heavy atom. The molecule has 2 aliphatic rings. The molecular formula is C66H46N2S. The molecule has 0 radical (unpaired) electrons. The fourth-order valence-corrected chi connectivity index (χ4v) is 13.7. The lowest BCUT2D eigenvalue weighted by molar-refractivity contribution is 0.408. The standard InChI is InChI=1S/C66H46N2S/c1-40-41(2)63(68-65(43-22-9-4-10-23-43)67-62(40)42-20-7-3-8-21-42)53-37-36-47(48-28-15-17-30-50(48)53)44-34-35-54-56(38-44)66(45-24-11-5-12-25-45,46-26-13-6-14-27-46)57-39-55-51-31-18-16-29-49(51)52-32-19-33-58-60(52)61(55)64(69-58)59(54)57/h3-41,63H,1-2H3. The van der Waals surface area contributed by atoms with Gasteiger partial charge in [-0.15, -0.1) is 11.3 Å². The van der Waals surface area contributed by atoms with E-state index in [2.05, 4.69) is 238 Å². The van der Waals surface area contributed by atoms with E-state index in [1.54, 1.807) is 0 Å². The predicted molar refractivity (Wildman–Crippen MR) is 293 cm³/mol. The third-order valence-corrected chi connectivity index (χ3v) is 16.9. The van der Waals surface area contributed by atoms with Gasteiger partial charge in [-0.05, 0) is 107 Å². The fourth-order valence-electron chi connectivity index (χ4n) is 12.4. The molecule has 0 bridgehead atoms. The molecule has 0 N–H and O–H groups in total. The van der Waals surface area contributed by atoms with Crippen LogP contribution in [-0.2, 0) is 5.41 Å². The second-order valence-corrected chi connectivity index (χ2v) is 20.2. The molecule has 69 heavy (non-hydrogen) atoms. The molecule has 3 heteroatoms. The van der Waals surface area contributed by atoms with Gasteiger partial charge in [0.15, 0.2) is 5.84 Å². The van der Waals surface area contributed by atoms with Gasteiger partial charge >= 0.3 is 0 Å². The highest BCUT2D eigenvalue weighted by molar-refractivity contribution is 7.26. The van der Waals surface area contributed by atoms with E-state index in [9.17, 15) is 0 Å². The highest BCUT2D eigenvalue weighted by Gasteiger charge is 2.48. The molecule has 2 nitrogen and oxygen atoms in total. The average Bonchev–Trinajstić information content (AvgIpc) is 3.91. The first-order valence-corrected chi connectivity index (χ1v) is 25.1. The van der Waals surface area contributed by atoms with E-state index in [-0.39, 0.29) is 17.9 Å². The third kappa shape index (κ3) is 5.84. The number of fused-ring (bicyclic) bond motifs is 8. The van der Waals surface area contributed by atoms with Gasteiger partial charge in [-0.1, -0.05) is 220 Å². The van der Waals surface area contributed by atoms with Crippen molar-refractivity contribution in [1.82, 2.24) is 0 Å². The van der Waals surface area contributed by atoms with E-state index in [1.165, 1.54) is 103 Å². The minimum atomic E-state index is -0.583. The van der Waals surface area contributed by atoms with Crippen LogP contribution < -0.4 is 0 Å². The average molecular weight is 899 g/mol. The molecule has 1 aromatic heterocycles. The zero-order valence-electron chi connectivity index (χ0n) is 38.4. The van der Waals surface area contributed by atoms with E-state index in [0.717, 1.165) is 22.7 Å². The molecule has 3 atom stereocenters. The van der Waals surface area contributed by atoms with E-state index >= 15 is 0 Å². The molecule has 1 aliphatic carbocycles. The van der Waals surface area contributed by atoms with E-state index in [0.29, 0.717) is 0 Å². The quantitative estimate of drug-likeness (QED) is 0.149. The molecule has 14 rings (SSSR count). The Labute approximate surface area is 406 Å². The number of aliphatic imine (C=N–C) groups is 2. The minimum absolute atomic E-state index is 0.122. The molecule has 11 aromatic carbocycles. The van der Waals surface area contributed by atoms with Gasteiger partial charge in [0.2, 0.25) is 0 Å². The first-order valence-electron chi connectivity index (χ1n) is 24.3. The van der Waals surface area contributed by atoms with Crippen molar-refractivity contribution in [2.24, 2.45) is 21.8 Å². The summed E-state index contributed by atoms with van der Waals surface area (Å²) in [7, 11) is 0. The maximum Gasteiger partial charge on any atom is 0.155 e. The van der Waals surface area contributed by atoms with Crippen LogP contribution in [0.25, 0.3) is 74.7 Å². The number of thiophene rings is 1. The molecule has 3 unspecified atom stereocenters. The summed E-state index contributed by atoms with van der Waals surface area (Å²) in [6, 6.07) is 83.2. The summed E-state index contributed by atoms with van der Waals surface area (Å²) in [5, 5.41) is 10.5. The molecule has 1 aliphatic heterocycles. The number of nitrogens with zero attached hydrogens (tertiary/aromatic N) is 2. The van der Waals surface area contributed by atoms with Crippen molar-refractivity contribution in [3.05, 3.63) is 263 Å². The van der Waals surface area contributed by atoms with Crippen molar-refractivity contribution >= 4 is 75.4 Å². The maximum atomic E-state index is 5.63. The fraction of sp³-hybridized carbons (Fsp3) is 0.0909. The van der Waals surface area contributed by atoms with Crippen LogP contribution in [0.3, 0.4) is 0 Å². The summed E-state index contributed by atoms with van der Waals surface area (Å²) in [6.07, 6.45) is 0. The van der Waals surface area contributed by atoms with Crippen molar-refractivity contribution in [2.45, 2.75) is 25.3 Å². The Morgan fingerprint density at radius 1 is 0.435 bits per heavy atom. The first kappa shape index (κ1) is 40.1. The lowest BCUT2D eigenvalue weighted by atomic mass is 9.67. The van der Waals surface area contributed by atoms with Crippen molar-refractivity contribution < 1.29 is 0 Å². The summed E-state index contributed by atoms with van der Waals surface area (Å²) in [5.41, 5.74) is 14.2. The first-order chi connectivity index (χ1) is 34.1. The van der Waals surface area contributed by atoms with Crippen molar-refractivity contribution in [3.63, 3.8) is 0 Å². The monoisotopic (exact) mass is 898 g/mol. The highest BCUT2D eigenvalue weighted by Crippen LogP contribution is 2.62. The third-order valence-electron chi connectivity index (χ3n) is 15.7. The molecule has 0 amide bonds. The number of rotatable bonds is 6. The van der Waals surface area contributed by atoms with Gasteiger partial charge in [-0.3, -0.25) is 4.99 Å². The van der Waals surface area contributed by atoms with Crippen LogP contribution in [0.15, 0.2) is 234 Å². The van der Waals surface area contributed by atoms with Crippen molar-refractivity contribution in [1.29, 1.82) is 0 Å². The Bertz CT molecular complexity index is 4000. The van der Waals surface area contributed by atoms with E-state index < -0.39 is 5.41 Å². The minimum Gasteiger partial charge on any atom is -0.258 e. The molecule has 0 fully saturated rings. The second kappa shape index (κ2) is 15.5. The van der Waals surface area contributed by atoms with Gasteiger partial charge in [-0.25, -0.2) is 4.99 Å². The summed E-state index contributed by atoms with van der Waals surface area (Å²) >= 11 is 1.96. The van der Waals surface area contributed by atoms with Crippen LogP contribution in [0.2, 0.25) is 0 Å². The smallest absolute Gasteiger partial charge is 0.155 e. The lowest BCUT2D eigenvalue weighted by Crippen LogP contribution is -2.28. The van der Waals surface area contributed by atoms with Crippen LogP contribution in [0.1, 0.15) is 58.8 Å². The van der Waals surface area contributed by atoms with Gasteiger partial charge in [0.25, 0.3) is 0 Å². The predicted octanol–water partition coefficient (Wildman–Crippen LogP) is 17.2. The van der Waals surface area contributed by atoms with Gasteiger partial charge in [-0.2, -0.15) is 0 Å². The van der Waals surface area contributed by atoms with Crippen LogP contribution >= 0.6 is 11.3 Å². The van der Waals surface area contributed by atoms with E-state index in [4.69, 9.17) is 9.98 Å². The van der Waals surface area contributed by atoms with Crippen LogP contribution in [0.5, 0.6) is 0 Å². The van der Waals surface area contributed by atoms with Crippen LogP contribution in [0.4, 0.5) is 0 Å². The Kier molecular flexibility index (Phi) is 9.03. The molecule has 0 saturated heterocycles. The summed E-state index contributed by atoms with van der Waals surface area (Å²) in [6.45, 7) is 4.69. The zero-order valence-corrected chi connectivity index (χ0v) is 39.2. The molecular weight excluding hydrogens is 853 g/mol. The summed E-state index contributed by atoms with van der Waals surface area (Å²) < 4.78 is 2.72. The Hall–Kier alpha value is -7.98. The second-order valence-electron chi connectivity index (χ2n) is 19.1. The molecule has 0 spiro atoms. The number of amidine groups is 1. The SMILES string of the molecule is CC1C(c2ccccc2)=NC(c2ccccc2)=NC(c2ccc(-c3ccc4c(c3)C(c3ccccc3)(c3ccccc3)c3cc5c6ccccc6c6cccc7sc(c3-4)c5c76)c3ccccc23)C1C. The van der Waals surface area contributed by atoms with Crippen molar-refractivity contribution in [3.8, 4) is 22.3 Å². The highest BCUT2D eigenvalue weighted by atomic mass is 32.1. The maximum absolute atomic E-state index is 5.63. The zero-order chi connectivity index (χ0) is 45.8. The number of benzene rings is 11. The number of hydrogen-bond acceptors (Lipinski definition) is 3. The normalized spacial score (nSPS) is 17.6. The van der Waals surface area contributed by atoms with Crippen LogP contribution in [0, 0.1) is 11.8 Å². The van der Waals surface area contributed by atoms with Gasteiger partial charge in [0, 0.05) is 37.2 Å². The molecule has 326 valence electrons. The number of hydrogen-bond donors (Lipinski definition) is 0. The molecule has 2 heterocycles. The molecule has 0 saturated carbocycles. The van der Waals surface area contributed by atoms with Crippen LogP contribution in [-0.4, -0.2) is 11.5 Å². The van der Waals surface area contributed by atoms with E-state index in [1.807, 2.05) is 11.3 Å². The van der Waals surface area contributed by atoms with Gasteiger partial charge in [0.05, 0.1) is 17.2 Å². The van der Waals surface area contributed by atoms with Gasteiger partial charge < -0.3 is 0 Å².